The van der Waals surface area contributed by atoms with E-state index >= 15 is 0 Å². The van der Waals surface area contributed by atoms with Crippen LogP contribution in [0.4, 0.5) is 0 Å². The van der Waals surface area contributed by atoms with Crippen LogP contribution >= 0.6 is 27.7 Å². The Morgan fingerprint density at radius 2 is 1.70 bits per heavy atom. The summed E-state index contributed by atoms with van der Waals surface area (Å²) in [5, 5.41) is 0. The minimum Gasteiger partial charge on any atom is -0.496 e. The molecule has 0 aliphatic heterocycles. The zero-order valence-corrected chi connectivity index (χ0v) is 17.4. The molecule has 2 aromatic carbocycles. The normalized spacial score (nSPS) is 10.3. The maximum absolute atomic E-state index is 12.3. The molecule has 27 heavy (non-hydrogen) atoms. The zero-order valence-electron chi connectivity index (χ0n) is 15.0. The van der Waals surface area contributed by atoms with Crippen molar-refractivity contribution >= 4 is 45.2 Å². The van der Waals surface area contributed by atoms with Crippen LogP contribution in [0.5, 0.6) is 5.75 Å². The standard InChI is InChI=1S/C20H19BrO5S/c1-25-19-9-5-14(21)11-16(19)17(22)8-10-20(24)26-12-18(23)13-3-6-15(27-2)7-4-13/h3-7,9,11H,8,10,12H2,1-2H3. The number of benzene rings is 2. The van der Waals surface area contributed by atoms with Crippen LogP contribution in [0, 0.1) is 0 Å². The van der Waals surface area contributed by atoms with Crippen LogP contribution in [0.2, 0.25) is 0 Å². The Morgan fingerprint density at radius 3 is 2.33 bits per heavy atom. The molecule has 0 bridgehead atoms. The van der Waals surface area contributed by atoms with Crippen LogP contribution < -0.4 is 4.74 Å². The number of esters is 1. The Balaban J connectivity index is 1.84. The lowest BCUT2D eigenvalue weighted by Gasteiger charge is -2.08. The molecule has 0 aromatic heterocycles. The molecule has 0 saturated carbocycles. The monoisotopic (exact) mass is 450 g/mol. The number of ketones is 2. The summed E-state index contributed by atoms with van der Waals surface area (Å²) in [5.41, 5.74) is 0.875. The summed E-state index contributed by atoms with van der Waals surface area (Å²) in [4.78, 5) is 37.3. The third kappa shape index (κ3) is 6.22. The molecule has 0 radical (unpaired) electrons. The van der Waals surface area contributed by atoms with Gasteiger partial charge < -0.3 is 9.47 Å². The molecule has 0 aliphatic rings. The molecule has 7 heteroatoms. The zero-order chi connectivity index (χ0) is 19.8. The van der Waals surface area contributed by atoms with Gasteiger partial charge in [0.15, 0.2) is 18.2 Å². The van der Waals surface area contributed by atoms with Crippen LogP contribution in [0.25, 0.3) is 0 Å². The summed E-state index contributed by atoms with van der Waals surface area (Å²) in [6.45, 7) is -0.341. The second-order valence-electron chi connectivity index (χ2n) is 5.58. The number of carbonyl (C=O) groups is 3. The number of halogens is 1. The molecule has 0 heterocycles. The number of hydrogen-bond acceptors (Lipinski definition) is 6. The van der Waals surface area contributed by atoms with Gasteiger partial charge in [-0.25, -0.2) is 0 Å². The van der Waals surface area contributed by atoms with Crippen molar-refractivity contribution in [2.45, 2.75) is 17.7 Å². The van der Waals surface area contributed by atoms with Gasteiger partial charge in [0.25, 0.3) is 0 Å². The number of carbonyl (C=O) groups excluding carboxylic acids is 3. The lowest BCUT2D eigenvalue weighted by molar-refractivity contribution is -0.142. The van der Waals surface area contributed by atoms with E-state index in [4.69, 9.17) is 9.47 Å². The fraction of sp³-hybridized carbons (Fsp3) is 0.250. The number of hydrogen-bond donors (Lipinski definition) is 0. The first-order chi connectivity index (χ1) is 12.9. The third-order valence-electron chi connectivity index (χ3n) is 3.79. The number of methoxy groups -OCH3 is 1. The van der Waals surface area contributed by atoms with Crippen molar-refractivity contribution in [3.8, 4) is 5.75 Å². The van der Waals surface area contributed by atoms with Crippen molar-refractivity contribution in [3.63, 3.8) is 0 Å². The summed E-state index contributed by atoms with van der Waals surface area (Å²) in [6.07, 6.45) is 1.82. The molecule has 0 amide bonds. The van der Waals surface area contributed by atoms with E-state index in [1.807, 2.05) is 18.4 Å². The maximum Gasteiger partial charge on any atom is 0.306 e. The first-order valence-corrected chi connectivity index (χ1v) is 10.2. The predicted molar refractivity (Wildman–Crippen MR) is 108 cm³/mol. The lowest BCUT2D eigenvalue weighted by atomic mass is 10.1. The topological polar surface area (TPSA) is 69.7 Å². The fourth-order valence-corrected chi connectivity index (χ4v) is 3.10. The SMILES string of the molecule is COc1ccc(Br)cc1C(=O)CCC(=O)OCC(=O)c1ccc(SC)cc1. The van der Waals surface area contributed by atoms with Crippen molar-refractivity contribution < 1.29 is 23.9 Å². The minimum absolute atomic E-state index is 0.0255. The summed E-state index contributed by atoms with van der Waals surface area (Å²) in [5.74, 6) is -0.660. The quantitative estimate of drug-likeness (QED) is 0.316. The van der Waals surface area contributed by atoms with Crippen molar-refractivity contribution in [2.75, 3.05) is 20.0 Å². The van der Waals surface area contributed by atoms with E-state index in [1.54, 1.807) is 42.1 Å². The predicted octanol–water partition coefficient (Wildman–Crippen LogP) is 4.57. The Labute approximate surface area is 170 Å². The van der Waals surface area contributed by atoms with Gasteiger partial charge in [-0.05, 0) is 36.6 Å². The first-order valence-electron chi connectivity index (χ1n) is 8.14. The van der Waals surface area contributed by atoms with Crippen LogP contribution in [0.15, 0.2) is 51.8 Å². The molecule has 0 atom stereocenters. The average molecular weight is 451 g/mol. The van der Waals surface area contributed by atoms with Crippen molar-refractivity contribution in [2.24, 2.45) is 0 Å². The number of thioether (sulfide) groups is 1. The van der Waals surface area contributed by atoms with Gasteiger partial charge in [0, 0.05) is 21.4 Å². The molecule has 142 valence electrons. The van der Waals surface area contributed by atoms with Crippen LogP contribution in [-0.2, 0) is 9.53 Å². The van der Waals surface area contributed by atoms with Gasteiger partial charge >= 0.3 is 5.97 Å². The number of Topliss-reactive ketones (excluding diaryl/α,β-unsaturated/α-hetero) is 2. The minimum atomic E-state index is -0.591. The van der Waals surface area contributed by atoms with Gasteiger partial charge in [0.05, 0.1) is 19.1 Å². The van der Waals surface area contributed by atoms with E-state index in [0.717, 1.165) is 9.37 Å². The van der Waals surface area contributed by atoms with Crippen LogP contribution in [0.3, 0.4) is 0 Å². The van der Waals surface area contributed by atoms with E-state index in [2.05, 4.69) is 15.9 Å². The summed E-state index contributed by atoms with van der Waals surface area (Å²) in [6, 6.07) is 12.2. The van der Waals surface area contributed by atoms with E-state index in [9.17, 15) is 14.4 Å². The molecule has 0 fully saturated rings. The van der Waals surface area contributed by atoms with Crippen molar-refractivity contribution in [1.29, 1.82) is 0 Å². The van der Waals surface area contributed by atoms with Crippen molar-refractivity contribution in [1.82, 2.24) is 0 Å². The van der Waals surface area contributed by atoms with Gasteiger partial charge in [0.1, 0.15) is 5.75 Å². The highest BCUT2D eigenvalue weighted by molar-refractivity contribution is 9.10. The van der Waals surface area contributed by atoms with Gasteiger partial charge in [-0.1, -0.05) is 28.1 Å². The Hall–Kier alpha value is -2.12. The first kappa shape index (κ1) is 21.2. The molecular weight excluding hydrogens is 432 g/mol. The fourth-order valence-electron chi connectivity index (χ4n) is 2.33. The van der Waals surface area contributed by atoms with E-state index < -0.39 is 5.97 Å². The molecule has 5 nitrogen and oxygen atoms in total. The maximum atomic E-state index is 12.3. The van der Waals surface area contributed by atoms with Gasteiger partial charge in [-0.2, -0.15) is 0 Å². The second kappa shape index (κ2) is 10.3. The van der Waals surface area contributed by atoms with Gasteiger partial charge in [0.2, 0.25) is 0 Å². The molecule has 2 aromatic rings. The second-order valence-corrected chi connectivity index (χ2v) is 7.38. The molecule has 0 N–H and O–H groups in total. The summed E-state index contributed by atoms with van der Waals surface area (Å²) in [7, 11) is 1.48. The van der Waals surface area contributed by atoms with E-state index in [1.165, 1.54) is 7.11 Å². The lowest BCUT2D eigenvalue weighted by Crippen LogP contribution is -2.15. The summed E-state index contributed by atoms with van der Waals surface area (Å²) >= 11 is 4.89. The molecule has 0 spiro atoms. The average Bonchev–Trinajstić information content (AvgIpc) is 2.70. The largest absolute Gasteiger partial charge is 0.496 e. The Morgan fingerprint density at radius 1 is 1.00 bits per heavy atom. The molecule has 0 aliphatic carbocycles. The van der Waals surface area contributed by atoms with E-state index in [0.29, 0.717) is 16.9 Å². The smallest absolute Gasteiger partial charge is 0.306 e. The highest BCUT2D eigenvalue weighted by Crippen LogP contribution is 2.24. The Bertz CT molecular complexity index is 833. The molecular formula is C20H19BrO5S. The van der Waals surface area contributed by atoms with Crippen molar-refractivity contribution in [3.05, 3.63) is 58.1 Å². The molecule has 0 saturated heterocycles. The molecule has 0 unspecified atom stereocenters. The molecule has 2 rings (SSSR count). The number of rotatable bonds is 9. The van der Waals surface area contributed by atoms with Gasteiger partial charge in [-0.3, -0.25) is 14.4 Å². The van der Waals surface area contributed by atoms with Crippen LogP contribution in [0.1, 0.15) is 33.6 Å². The highest BCUT2D eigenvalue weighted by Gasteiger charge is 2.16. The van der Waals surface area contributed by atoms with Gasteiger partial charge in [-0.15, -0.1) is 11.8 Å². The third-order valence-corrected chi connectivity index (χ3v) is 5.03. The highest BCUT2D eigenvalue weighted by atomic mass is 79.9. The number of ether oxygens (including phenoxy) is 2. The van der Waals surface area contributed by atoms with E-state index in [-0.39, 0.29) is 31.0 Å². The summed E-state index contributed by atoms with van der Waals surface area (Å²) < 4.78 is 10.9. The van der Waals surface area contributed by atoms with Crippen LogP contribution in [-0.4, -0.2) is 37.5 Å². The Kier molecular flexibility index (Phi) is 8.06.